The standard InChI is InChI=1S/C20H23NO3/c22-18(21-19(20(23)24)16-7-2-1-3-8-16)13-14-10-11-15-6-4-5-9-17(15)12-14/h4-6,9-12,16,19H,1-3,7-8,13H2,(H,21,22)(H,23,24)/t19-/m0/s1. The van der Waals surface area contributed by atoms with Crippen molar-refractivity contribution in [1.29, 1.82) is 0 Å². The number of carbonyl (C=O) groups is 2. The Kier molecular flexibility index (Phi) is 5.14. The van der Waals surface area contributed by atoms with Crippen LogP contribution in [-0.2, 0) is 16.0 Å². The van der Waals surface area contributed by atoms with Gasteiger partial charge < -0.3 is 10.4 Å². The Hall–Kier alpha value is -2.36. The Morgan fingerprint density at radius 3 is 2.46 bits per heavy atom. The molecule has 1 atom stereocenters. The number of benzene rings is 2. The van der Waals surface area contributed by atoms with Crippen molar-refractivity contribution in [2.75, 3.05) is 0 Å². The number of carbonyl (C=O) groups excluding carboxylic acids is 1. The van der Waals surface area contributed by atoms with Crippen molar-refractivity contribution in [3.05, 3.63) is 48.0 Å². The molecule has 0 aliphatic heterocycles. The molecule has 1 saturated carbocycles. The van der Waals surface area contributed by atoms with E-state index in [-0.39, 0.29) is 18.2 Å². The third kappa shape index (κ3) is 3.94. The molecule has 1 aliphatic rings. The van der Waals surface area contributed by atoms with Crippen molar-refractivity contribution in [2.45, 2.75) is 44.6 Å². The molecule has 2 aromatic rings. The average molecular weight is 325 g/mol. The summed E-state index contributed by atoms with van der Waals surface area (Å²) in [5.74, 6) is -1.09. The topological polar surface area (TPSA) is 66.4 Å². The molecule has 3 rings (SSSR count). The molecule has 2 N–H and O–H groups in total. The van der Waals surface area contributed by atoms with Crippen LogP contribution in [0, 0.1) is 5.92 Å². The van der Waals surface area contributed by atoms with Crippen molar-refractivity contribution in [2.24, 2.45) is 5.92 Å². The van der Waals surface area contributed by atoms with Crippen LogP contribution in [0.4, 0.5) is 0 Å². The van der Waals surface area contributed by atoms with Crippen LogP contribution < -0.4 is 5.32 Å². The van der Waals surface area contributed by atoms with E-state index in [2.05, 4.69) is 5.32 Å². The van der Waals surface area contributed by atoms with Gasteiger partial charge in [0.15, 0.2) is 0 Å². The molecule has 4 heteroatoms. The lowest BCUT2D eigenvalue weighted by Crippen LogP contribution is -2.47. The second kappa shape index (κ2) is 7.47. The number of nitrogens with one attached hydrogen (secondary N) is 1. The molecule has 2 aromatic carbocycles. The van der Waals surface area contributed by atoms with Gasteiger partial charge in [-0.2, -0.15) is 0 Å². The van der Waals surface area contributed by atoms with E-state index in [1.165, 1.54) is 0 Å². The first-order valence-corrected chi connectivity index (χ1v) is 8.63. The number of hydrogen-bond acceptors (Lipinski definition) is 2. The van der Waals surface area contributed by atoms with Gasteiger partial charge >= 0.3 is 5.97 Å². The molecule has 1 fully saturated rings. The average Bonchev–Trinajstić information content (AvgIpc) is 2.60. The second-order valence-electron chi connectivity index (χ2n) is 6.64. The van der Waals surface area contributed by atoms with E-state index in [9.17, 15) is 14.7 Å². The minimum absolute atomic E-state index is 0.0526. The van der Waals surface area contributed by atoms with Crippen molar-refractivity contribution in [3.8, 4) is 0 Å². The zero-order chi connectivity index (χ0) is 16.9. The van der Waals surface area contributed by atoms with Crippen LogP contribution in [0.1, 0.15) is 37.7 Å². The van der Waals surface area contributed by atoms with Gasteiger partial charge in [0.1, 0.15) is 6.04 Å². The van der Waals surface area contributed by atoms with Gasteiger partial charge in [0, 0.05) is 0 Å². The van der Waals surface area contributed by atoms with Crippen molar-refractivity contribution >= 4 is 22.6 Å². The summed E-state index contributed by atoms with van der Waals surface area (Å²) in [6, 6.07) is 13.1. The normalized spacial score (nSPS) is 16.7. The molecule has 0 bridgehead atoms. The molecule has 1 aliphatic carbocycles. The Morgan fingerprint density at radius 2 is 1.75 bits per heavy atom. The summed E-state index contributed by atoms with van der Waals surface area (Å²) >= 11 is 0. The highest BCUT2D eigenvalue weighted by Crippen LogP contribution is 2.26. The molecule has 24 heavy (non-hydrogen) atoms. The molecule has 0 heterocycles. The van der Waals surface area contributed by atoms with Crippen LogP contribution in [0.5, 0.6) is 0 Å². The van der Waals surface area contributed by atoms with Crippen LogP contribution in [0.2, 0.25) is 0 Å². The third-order valence-electron chi connectivity index (χ3n) is 4.88. The van der Waals surface area contributed by atoms with E-state index in [4.69, 9.17) is 0 Å². The maximum Gasteiger partial charge on any atom is 0.326 e. The summed E-state index contributed by atoms with van der Waals surface area (Å²) in [4.78, 5) is 23.9. The highest BCUT2D eigenvalue weighted by atomic mass is 16.4. The van der Waals surface area contributed by atoms with Crippen molar-refractivity contribution in [3.63, 3.8) is 0 Å². The van der Waals surface area contributed by atoms with Crippen molar-refractivity contribution in [1.82, 2.24) is 5.32 Å². The smallest absolute Gasteiger partial charge is 0.326 e. The zero-order valence-corrected chi connectivity index (χ0v) is 13.7. The monoisotopic (exact) mass is 325 g/mol. The predicted octanol–water partition coefficient (Wildman–Crippen LogP) is 3.53. The lowest BCUT2D eigenvalue weighted by atomic mass is 9.84. The summed E-state index contributed by atoms with van der Waals surface area (Å²) in [6.07, 6.45) is 5.24. The molecule has 0 unspecified atom stereocenters. The van der Waals surface area contributed by atoms with Gasteiger partial charge in [0.25, 0.3) is 0 Å². The minimum atomic E-state index is -0.922. The summed E-state index contributed by atoms with van der Waals surface area (Å²) < 4.78 is 0. The number of rotatable bonds is 5. The van der Waals surface area contributed by atoms with E-state index >= 15 is 0 Å². The van der Waals surface area contributed by atoms with E-state index in [1.807, 2.05) is 42.5 Å². The molecular weight excluding hydrogens is 302 g/mol. The van der Waals surface area contributed by atoms with Crippen LogP contribution in [0.3, 0.4) is 0 Å². The third-order valence-corrected chi connectivity index (χ3v) is 4.88. The number of amides is 1. The summed E-state index contributed by atoms with van der Waals surface area (Å²) in [6.45, 7) is 0. The fraction of sp³-hybridized carbons (Fsp3) is 0.400. The van der Waals surface area contributed by atoms with Crippen LogP contribution in [0.25, 0.3) is 10.8 Å². The maximum atomic E-state index is 12.3. The number of carboxylic acid groups (broad SMARTS) is 1. The summed E-state index contributed by atoms with van der Waals surface area (Å²) in [5.41, 5.74) is 0.902. The van der Waals surface area contributed by atoms with E-state index in [0.717, 1.165) is 48.4 Å². The lowest BCUT2D eigenvalue weighted by Gasteiger charge is -2.28. The van der Waals surface area contributed by atoms with Crippen LogP contribution >= 0.6 is 0 Å². The van der Waals surface area contributed by atoms with Gasteiger partial charge in [-0.15, -0.1) is 0 Å². The summed E-state index contributed by atoms with van der Waals surface area (Å²) in [7, 11) is 0. The Bertz CT molecular complexity index is 734. The highest BCUT2D eigenvalue weighted by Gasteiger charge is 2.30. The van der Waals surface area contributed by atoms with Gasteiger partial charge in [-0.3, -0.25) is 4.79 Å². The number of fused-ring (bicyclic) bond motifs is 1. The molecule has 0 saturated heterocycles. The highest BCUT2D eigenvalue weighted by molar-refractivity contribution is 5.87. The van der Waals surface area contributed by atoms with Gasteiger partial charge in [0.05, 0.1) is 6.42 Å². The van der Waals surface area contributed by atoms with E-state index < -0.39 is 12.0 Å². The van der Waals surface area contributed by atoms with Gasteiger partial charge in [-0.25, -0.2) is 4.79 Å². The Labute approximate surface area is 141 Å². The molecule has 0 spiro atoms. The Balaban J connectivity index is 1.67. The SMILES string of the molecule is O=C(Cc1ccc2ccccc2c1)N[C@H](C(=O)O)C1CCCCC1. The van der Waals surface area contributed by atoms with Gasteiger partial charge in [-0.05, 0) is 35.1 Å². The van der Waals surface area contributed by atoms with E-state index in [0.29, 0.717) is 0 Å². The lowest BCUT2D eigenvalue weighted by molar-refractivity contribution is -0.143. The molecule has 4 nitrogen and oxygen atoms in total. The zero-order valence-electron chi connectivity index (χ0n) is 13.7. The largest absolute Gasteiger partial charge is 0.480 e. The fourth-order valence-corrected chi connectivity index (χ4v) is 3.61. The first-order chi connectivity index (χ1) is 11.6. The Morgan fingerprint density at radius 1 is 1.04 bits per heavy atom. The number of hydrogen-bond donors (Lipinski definition) is 2. The minimum Gasteiger partial charge on any atom is -0.480 e. The van der Waals surface area contributed by atoms with Gasteiger partial charge in [0.2, 0.25) is 5.91 Å². The molecule has 0 aromatic heterocycles. The van der Waals surface area contributed by atoms with Crippen LogP contribution in [-0.4, -0.2) is 23.0 Å². The van der Waals surface area contributed by atoms with Gasteiger partial charge in [-0.1, -0.05) is 61.7 Å². The molecule has 1 amide bonds. The van der Waals surface area contributed by atoms with Crippen molar-refractivity contribution < 1.29 is 14.7 Å². The first-order valence-electron chi connectivity index (χ1n) is 8.63. The predicted molar refractivity (Wildman–Crippen MR) is 93.8 cm³/mol. The maximum absolute atomic E-state index is 12.3. The second-order valence-corrected chi connectivity index (χ2v) is 6.64. The quantitative estimate of drug-likeness (QED) is 0.884. The molecular formula is C20H23NO3. The summed E-state index contributed by atoms with van der Waals surface area (Å²) in [5, 5.41) is 14.4. The number of carboxylic acids is 1. The number of aliphatic carboxylic acids is 1. The fourth-order valence-electron chi connectivity index (χ4n) is 3.61. The molecule has 126 valence electrons. The first kappa shape index (κ1) is 16.5. The molecule has 0 radical (unpaired) electrons. The van der Waals surface area contributed by atoms with Crippen LogP contribution in [0.15, 0.2) is 42.5 Å². The van der Waals surface area contributed by atoms with E-state index in [1.54, 1.807) is 0 Å².